The number of hydrogen-bond acceptors (Lipinski definition) is 5. The average molecular weight is 457 g/mol. The minimum Gasteiger partial charge on any atom is -0.497 e. The Labute approximate surface area is 195 Å². The predicted octanol–water partition coefficient (Wildman–Crippen LogP) is 3.37. The molecule has 31 heavy (non-hydrogen) atoms. The normalized spacial score (nSPS) is 16.3. The van der Waals surface area contributed by atoms with E-state index in [1.807, 2.05) is 63.2 Å². The first-order valence-electron chi connectivity index (χ1n) is 9.39. The van der Waals surface area contributed by atoms with Crippen LogP contribution >= 0.6 is 0 Å². The van der Waals surface area contributed by atoms with Gasteiger partial charge < -0.3 is 9.47 Å². The Morgan fingerprint density at radius 3 is 2.23 bits per heavy atom. The number of carbonyl (C=O) groups is 1. The smallest absolute Gasteiger partial charge is 0.497 e. The molecular weight excluding hydrogens is 434 g/mol. The van der Waals surface area contributed by atoms with Gasteiger partial charge in [-0.15, -0.1) is 0 Å². The molecule has 0 bridgehead atoms. The number of ketones is 1. The van der Waals surface area contributed by atoms with Crippen LogP contribution in [0.2, 0.25) is 0 Å². The number of aromatic nitrogens is 3. The summed E-state index contributed by atoms with van der Waals surface area (Å²) in [6.45, 7) is 0.319. The van der Waals surface area contributed by atoms with Crippen LogP contribution in [-0.2, 0) is 28.4 Å². The number of nitrogens with zero attached hydrogens (tertiary/aromatic N) is 3. The summed E-state index contributed by atoms with van der Waals surface area (Å²) >= 11 is 0. The van der Waals surface area contributed by atoms with Gasteiger partial charge in [0.2, 0.25) is 0 Å². The maximum atomic E-state index is 12.9. The van der Waals surface area contributed by atoms with E-state index in [4.69, 9.17) is 9.47 Å². The van der Waals surface area contributed by atoms with Crippen LogP contribution in [0, 0.1) is 63.7 Å². The molecule has 0 unspecified atom stereocenters. The van der Waals surface area contributed by atoms with Gasteiger partial charge in [0.25, 0.3) is 0 Å². The molecule has 2 aliphatic carbocycles. The van der Waals surface area contributed by atoms with E-state index in [0.29, 0.717) is 29.5 Å². The van der Waals surface area contributed by atoms with E-state index in [-0.39, 0.29) is 22.9 Å². The zero-order valence-corrected chi connectivity index (χ0v) is 18.4. The van der Waals surface area contributed by atoms with Gasteiger partial charge in [0.05, 0.1) is 26.7 Å². The Balaban J connectivity index is 0.000000501. The topological polar surface area (TPSA) is 66.2 Å². The molecule has 0 spiro atoms. The molecule has 1 heterocycles. The molecule has 2 aliphatic rings. The number of hydrogen-bond donors (Lipinski definition) is 0. The summed E-state index contributed by atoms with van der Waals surface area (Å²) in [7, 11) is 3.18. The standard InChI is InChI=1S/C19H18N3O3.C5H5.Fe/c1-24-17-8-7-15(18(10-17)25-2)9-16(11-22-13-20-12-21-22)19(23)14-5-3-4-6-14;1-2-4-5-3-1;/h3-10,12-13H,11H2,1-2H3;1-5H;/q;;+2/b16-9+;;. The Hall–Kier alpha value is -2.11. The van der Waals surface area contributed by atoms with Gasteiger partial charge in [0, 0.05) is 17.2 Å². The largest absolute Gasteiger partial charge is 2.00 e. The Kier molecular flexibility index (Phi) is 10.8. The van der Waals surface area contributed by atoms with Crippen LogP contribution in [0.3, 0.4) is 0 Å². The van der Waals surface area contributed by atoms with Gasteiger partial charge >= 0.3 is 17.1 Å². The molecule has 0 amide bonds. The van der Waals surface area contributed by atoms with E-state index >= 15 is 0 Å². The van der Waals surface area contributed by atoms with Crippen LogP contribution in [0.15, 0.2) is 36.4 Å². The van der Waals surface area contributed by atoms with Gasteiger partial charge in [-0.2, -0.15) is 5.10 Å². The second kappa shape index (κ2) is 13.3. The maximum absolute atomic E-state index is 12.9. The zero-order chi connectivity index (χ0) is 21.2. The first-order valence-corrected chi connectivity index (χ1v) is 9.39. The minimum absolute atomic E-state index is 0. The van der Waals surface area contributed by atoms with Crippen LogP contribution < -0.4 is 9.47 Å². The second-order valence-corrected chi connectivity index (χ2v) is 6.34. The van der Waals surface area contributed by atoms with Gasteiger partial charge in [-0.25, -0.2) is 9.67 Å². The number of benzene rings is 1. The van der Waals surface area contributed by atoms with Crippen LogP contribution in [0.1, 0.15) is 5.56 Å². The van der Waals surface area contributed by atoms with Crippen molar-refractivity contribution in [3.8, 4) is 11.5 Å². The van der Waals surface area contributed by atoms with Gasteiger partial charge in [0.15, 0.2) is 5.78 Å². The summed E-state index contributed by atoms with van der Waals surface area (Å²) in [5.74, 6) is 1.90. The number of allylic oxidation sites excluding steroid dienone is 1. The van der Waals surface area contributed by atoms with E-state index in [1.54, 1.807) is 44.1 Å². The van der Waals surface area contributed by atoms with Gasteiger partial charge in [-0.05, 0) is 76.0 Å². The average Bonchev–Trinajstić information content (AvgIpc) is 3.57. The molecule has 7 heteroatoms. The quantitative estimate of drug-likeness (QED) is 0.471. The monoisotopic (exact) mass is 457 g/mol. The molecular formula is C24H23FeN3O3+2. The van der Waals surface area contributed by atoms with Crippen molar-refractivity contribution < 1.29 is 31.3 Å². The van der Waals surface area contributed by atoms with Gasteiger partial charge in [0.1, 0.15) is 24.2 Å². The first-order chi connectivity index (χ1) is 14.7. The van der Waals surface area contributed by atoms with Crippen LogP contribution in [0.5, 0.6) is 11.5 Å². The molecule has 6 nitrogen and oxygen atoms in total. The Bertz CT molecular complexity index is 819. The van der Waals surface area contributed by atoms with E-state index in [9.17, 15) is 4.79 Å². The minimum atomic E-state index is -0.0571. The fourth-order valence-corrected chi connectivity index (χ4v) is 2.83. The fraction of sp³-hybridized carbons (Fsp3) is 0.125. The summed E-state index contributed by atoms with van der Waals surface area (Å²) in [5.41, 5.74) is 1.37. The van der Waals surface area contributed by atoms with Crippen LogP contribution in [0.25, 0.3) is 6.08 Å². The summed E-state index contributed by atoms with van der Waals surface area (Å²) in [5, 5.41) is 4.09. The van der Waals surface area contributed by atoms with Gasteiger partial charge in [-0.1, -0.05) is 0 Å². The van der Waals surface area contributed by atoms with Crippen molar-refractivity contribution in [1.82, 2.24) is 14.8 Å². The van der Waals surface area contributed by atoms with E-state index < -0.39 is 0 Å². The van der Waals surface area contributed by atoms with Crippen molar-refractivity contribution in [2.75, 3.05) is 14.2 Å². The molecule has 2 saturated carbocycles. The SMILES string of the molecule is COc1ccc(/C=C(\Cn2cncn2)C(=O)[C]2[CH][CH][CH][CH]2)c(OC)c1.[CH]1[CH][CH][CH][CH]1.[Fe+2]. The van der Waals surface area contributed by atoms with Crippen molar-refractivity contribution in [3.05, 3.63) is 106 Å². The third kappa shape index (κ3) is 7.51. The molecule has 2 fully saturated rings. The Morgan fingerprint density at radius 1 is 1.00 bits per heavy atom. The summed E-state index contributed by atoms with van der Waals surface area (Å²) in [4.78, 5) is 16.8. The summed E-state index contributed by atoms with van der Waals surface area (Å²) in [6.07, 6.45) is 22.1. The number of carbonyl (C=O) groups excluding carboxylic acids is 1. The zero-order valence-electron chi connectivity index (χ0n) is 17.3. The van der Waals surface area contributed by atoms with Crippen molar-refractivity contribution >= 4 is 11.9 Å². The third-order valence-corrected chi connectivity index (χ3v) is 4.34. The first kappa shape index (κ1) is 25.2. The molecule has 158 valence electrons. The van der Waals surface area contributed by atoms with Crippen LogP contribution in [0.4, 0.5) is 0 Å². The van der Waals surface area contributed by atoms with E-state index in [0.717, 1.165) is 5.56 Å². The van der Waals surface area contributed by atoms with Crippen LogP contribution in [-0.4, -0.2) is 34.8 Å². The molecule has 1 aromatic heterocycles. The number of methoxy groups -OCH3 is 2. The number of rotatable bonds is 7. The van der Waals surface area contributed by atoms with E-state index in [1.165, 1.54) is 6.33 Å². The van der Waals surface area contributed by atoms with Crippen molar-refractivity contribution in [1.29, 1.82) is 0 Å². The maximum Gasteiger partial charge on any atom is 2.00 e. The van der Waals surface area contributed by atoms with E-state index in [2.05, 4.69) is 10.1 Å². The molecule has 4 rings (SSSR count). The third-order valence-electron chi connectivity index (χ3n) is 4.34. The molecule has 0 aliphatic heterocycles. The molecule has 0 saturated heterocycles. The summed E-state index contributed by atoms with van der Waals surface area (Å²) in [6, 6.07) is 5.47. The molecule has 0 N–H and O–H groups in total. The Morgan fingerprint density at radius 2 is 1.68 bits per heavy atom. The fourth-order valence-electron chi connectivity index (χ4n) is 2.83. The molecule has 10 radical (unpaired) electrons. The summed E-state index contributed by atoms with van der Waals surface area (Å²) < 4.78 is 12.3. The number of ether oxygens (including phenoxy) is 2. The molecule has 2 aromatic rings. The molecule has 0 atom stereocenters. The molecule has 1 aromatic carbocycles. The van der Waals surface area contributed by atoms with Gasteiger partial charge in [-0.3, -0.25) is 4.79 Å². The second-order valence-electron chi connectivity index (χ2n) is 6.34. The predicted molar refractivity (Wildman–Crippen MR) is 114 cm³/mol. The number of Topliss-reactive ketones (excluding diaryl/α,β-unsaturated/α-hetero) is 1. The van der Waals surface area contributed by atoms with Crippen molar-refractivity contribution in [3.63, 3.8) is 0 Å². The van der Waals surface area contributed by atoms with Crippen molar-refractivity contribution in [2.45, 2.75) is 6.54 Å². The van der Waals surface area contributed by atoms with Crippen molar-refractivity contribution in [2.24, 2.45) is 0 Å².